The number of nitrogens with zero attached hydrogens (tertiary/aromatic N) is 2. The molecule has 0 bridgehead atoms. The van der Waals surface area contributed by atoms with E-state index in [1.54, 1.807) is 12.4 Å². The normalized spacial score (nSPS) is 11.4. The first-order valence-electron chi connectivity index (χ1n) is 13.4. The summed E-state index contributed by atoms with van der Waals surface area (Å²) in [7, 11) is 0. The average molecular weight is 451 g/mol. The van der Waals surface area contributed by atoms with Crippen LogP contribution < -0.4 is 10.9 Å². The monoisotopic (exact) mass is 450 g/mol. The summed E-state index contributed by atoms with van der Waals surface area (Å²) in [5.41, 5.74) is 4.50. The number of hydrazone groups is 2. The van der Waals surface area contributed by atoms with Gasteiger partial charge in [0.15, 0.2) is 0 Å². The van der Waals surface area contributed by atoms with Crippen molar-refractivity contribution in [2.75, 3.05) is 0 Å². The zero-order chi connectivity index (χ0) is 23.5. The Hall–Kier alpha value is -1.72. The molecule has 0 spiro atoms. The first-order valence-corrected chi connectivity index (χ1v) is 13.4. The number of hydrogen-bond donors (Lipinski definition) is 2. The first kappa shape index (κ1) is 30.3. The summed E-state index contributed by atoms with van der Waals surface area (Å²) in [6.07, 6.45) is 28.0. The molecule has 2 amide bonds. The SMILES string of the molecule is CCCCCCCCCCC/C=N/NC(=O)C(=O)N/N=C/CCCCCCCCCCC. The van der Waals surface area contributed by atoms with Crippen LogP contribution in [0, 0.1) is 0 Å². The van der Waals surface area contributed by atoms with Gasteiger partial charge in [0.05, 0.1) is 0 Å². The number of rotatable bonds is 22. The van der Waals surface area contributed by atoms with Gasteiger partial charge in [-0.25, -0.2) is 10.9 Å². The van der Waals surface area contributed by atoms with E-state index in [2.05, 4.69) is 34.9 Å². The van der Waals surface area contributed by atoms with Gasteiger partial charge in [0.2, 0.25) is 0 Å². The minimum atomic E-state index is -0.784. The van der Waals surface area contributed by atoms with Crippen LogP contribution in [-0.4, -0.2) is 24.2 Å². The van der Waals surface area contributed by atoms with Gasteiger partial charge in [0, 0.05) is 12.4 Å². The minimum absolute atomic E-state index is 0.784. The van der Waals surface area contributed by atoms with Gasteiger partial charge in [-0.2, -0.15) is 10.2 Å². The minimum Gasteiger partial charge on any atom is -0.262 e. The lowest BCUT2D eigenvalue weighted by Crippen LogP contribution is -2.35. The van der Waals surface area contributed by atoms with Crippen LogP contribution in [0.4, 0.5) is 0 Å². The molecule has 0 rings (SSSR count). The molecule has 0 atom stereocenters. The first-order chi connectivity index (χ1) is 15.7. The van der Waals surface area contributed by atoms with Crippen molar-refractivity contribution in [3.8, 4) is 0 Å². The lowest BCUT2D eigenvalue weighted by Gasteiger charge is -2.01. The van der Waals surface area contributed by atoms with Gasteiger partial charge in [0.1, 0.15) is 0 Å². The molecule has 0 fully saturated rings. The quantitative estimate of drug-likeness (QED) is 0.0803. The van der Waals surface area contributed by atoms with E-state index in [-0.39, 0.29) is 0 Å². The Morgan fingerprint density at radius 2 is 0.781 bits per heavy atom. The third-order valence-electron chi connectivity index (χ3n) is 5.59. The van der Waals surface area contributed by atoms with Crippen LogP contribution in [0.5, 0.6) is 0 Å². The Bertz CT molecular complexity index is 448. The van der Waals surface area contributed by atoms with E-state index in [0.717, 1.165) is 25.7 Å². The molecule has 0 aromatic heterocycles. The largest absolute Gasteiger partial charge is 0.331 e. The molecule has 0 radical (unpaired) electrons. The van der Waals surface area contributed by atoms with E-state index in [0.29, 0.717) is 0 Å². The van der Waals surface area contributed by atoms with Gasteiger partial charge < -0.3 is 0 Å². The Labute approximate surface area is 197 Å². The zero-order valence-corrected chi connectivity index (χ0v) is 21.0. The van der Waals surface area contributed by atoms with E-state index >= 15 is 0 Å². The fourth-order valence-corrected chi connectivity index (χ4v) is 3.53. The molecule has 0 aliphatic rings. The Morgan fingerprint density at radius 3 is 1.09 bits per heavy atom. The highest BCUT2D eigenvalue weighted by molar-refractivity contribution is 6.35. The molecular weight excluding hydrogens is 400 g/mol. The van der Waals surface area contributed by atoms with Crippen molar-refractivity contribution in [3.63, 3.8) is 0 Å². The lowest BCUT2D eigenvalue weighted by atomic mass is 10.1. The van der Waals surface area contributed by atoms with Crippen molar-refractivity contribution in [3.05, 3.63) is 0 Å². The molecule has 6 nitrogen and oxygen atoms in total. The summed E-state index contributed by atoms with van der Waals surface area (Å²) in [6.45, 7) is 4.48. The number of hydrogen-bond acceptors (Lipinski definition) is 4. The van der Waals surface area contributed by atoms with Gasteiger partial charge in [-0.15, -0.1) is 0 Å². The number of amides is 2. The average Bonchev–Trinajstić information content (AvgIpc) is 2.80. The molecular formula is C26H50N4O2. The fourth-order valence-electron chi connectivity index (χ4n) is 3.53. The van der Waals surface area contributed by atoms with E-state index in [9.17, 15) is 9.59 Å². The number of unbranched alkanes of at least 4 members (excludes halogenated alkanes) is 18. The van der Waals surface area contributed by atoms with Crippen LogP contribution in [0.3, 0.4) is 0 Å². The molecule has 6 heteroatoms. The van der Waals surface area contributed by atoms with Crippen molar-refractivity contribution in [2.24, 2.45) is 10.2 Å². The summed E-state index contributed by atoms with van der Waals surface area (Å²) < 4.78 is 0. The summed E-state index contributed by atoms with van der Waals surface area (Å²) in [6, 6.07) is 0. The zero-order valence-electron chi connectivity index (χ0n) is 21.0. The maximum Gasteiger partial charge on any atom is 0.331 e. The highest BCUT2D eigenvalue weighted by Crippen LogP contribution is 2.11. The number of carbonyl (C=O) groups excluding carboxylic acids is 2. The maximum absolute atomic E-state index is 11.6. The Balaban J connectivity index is 3.49. The molecule has 2 N–H and O–H groups in total. The van der Waals surface area contributed by atoms with Crippen molar-refractivity contribution in [1.29, 1.82) is 0 Å². The molecule has 0 aromatic rings. The predicted molar refractivity (Wildman–Crippen MR) is 137 cm³/mol. The number of nitrogens with one attached hydrogen (secondary N) is 2. The van der Waals surface area contributed by atoms with Crippen molar-refractivity contribution in [1.82, 2.24) is 10.9 Å². The van der Waals surface area contributed by atoms with Gasteiger partial charge >= 0.3 is 11.8 Å². The highest BCUT2D eigenvalue weighted by atomic mass is 16.2. The maximum atomic E-state index is 11.6. The molecule has 32 heavy (non-hydrogen) atoms. The summed E-state index contributed by atoms with van der Waals surface area (Å²) in [4.78, 5) is 23.3. The van der Waals surface area contributed by atoms with Gasteiger partial charge in [-0.05, 0) is 25.7 Å². The molecule has 0 aliphatic heterocycles. The number of carbonyl (C=O) groups is 2. The predicted octanol–water partition coefficient (Wildman–Crippen LogP) is 7.03. The standard InChI is InChI=1S/C26H50N4O2/c1-3-5-7-9-11-13-15-17-19-21-23-27-29-25(31)26(32)30-28-24-22-20-18-16-14-12-10-8-6-4-2/h23-24H,3-22H2,1-2H3,(H,29,31)(H,30,32)/b27-23+,28-24+. The van der Waals surface area contributed by atoms with Gasteiger partial charge in [0.25, 0.3) is 0 Å². The molecule has 186 valence electrons. The van der Waals surface area contributed by atoms with Crippen LogP contribution in [0.15, 0.2) is 10.2 Å². The third-order valence-corrected chi connectivity index (χ3v) is 5.59. The third kappa shape index (κ3) is 23.0. The van der Waals surface area contributed by atoms with Crippen molar-refractivity contribution in [2.45, 2.75) is 142 Å². The second kappa shape index (κ2) is 25.5. The van der Waals surface area contributed by atoms with E-state index in [1.165, 1.54) is 103 Å². The van der Waals surface area contributed by atoms with Crippen molar-refractivity contribution < 1.29 is 9.59 Å². The van der Waals surface area contributed by atoms with Crippen LogP contribution in [0.2, 0.25) is 0 Å². The second-order valence-corrected chi connectivity index (χ2v) is 8.74. The van der Waals surface area contributed by atoms with Gasteiger partial charge in [-0.1, -0.05) is 117 Å². The summed E-state index contributed by atoms with van der Waals surface area (Å²) >= 11 is 0. The Kier molecular flexibility index (Phi) is 24.2. The topological polar surface area (TPSA) is 82.9 Å². The lowest BCUT2D eigenvalue weighted by molar-refractivity contribution is -0.139. The molecule has 0 aliphatic carbocycles. The summed E-state index contributed by atoms with van der Waals surface area (Å²) in [5.74, 6) is -1.57. The molecule has 0 unspecified atom stereocenters. The Morgan fingerprint density at radius 1 is 0.500 bits per heavy atom. The van der Waals surface area contributed by atoms with Crippen LogP contribution in [0.1, 0.15) is 142 Å². The van der Waals surface area contributed by atoms with E-state index in [1.807, 2.05) is 0 Å². The smallest absolute Gasteiger partial charge is 0.262 e. The second-order valence-electron chi connectivity index (χ2n) is 8.74. The summed E-state index contributed by atoms with van der Waals surface area (Å²) in [5, 5.41) is 7.66. The van der Waals surface area contributed by atoms with Crippen LogP contribution >= 0.6 is 0 Å². The van der Waals surface area contributed by atoms with Crippen LogP contribution in [0.25, 0.3) is 0 Å². The molecule has 0 heterocycles. The van der Waals surface area contributed by atoms with Crippen LogP contribution in [-0.2, 0) is 9.59 Å². The molecule has 0 aromatic carbocycles. The van der Waals surface area contributed by atoms with Crippen molar-refractivity contribution >= 4 is 24.2 Å². The highest BCUT2D eigenvalue weighted by Gasteiger charge is 2.10. The molecule has 0 saturated carbocycles. The molecule has 0 saturated heterocycles. The van der Waals surface area contributed by atoms with E-state index in [4.69, 9.17) is 0 Å². The fraction of sp³-hybridized carbons (Fsp3) is 0.846. The van der Waals surface area contributed by atoms with E-state index < -0.39 is 11.8 Å². The van der Waals surface area contributed by atoms with Gasteiger partial charge in [-0.3, -0.25) is 9.59 Å².